The lowest BCUT2D eigenvalue weighted by Crippen LogP contribution is -2.33. The van der Waals surface area contributed by atoms with Gasteiger partial charge in [0.1, 0.15) is 6.29 Å². The number of unbranched alkanes of at least 4 members (excludes halogenated alkanes) is 18. The second kappa shape index (κ2) is 41.1. The lowest BCUT2D eigenvalue weighted by Gasteiger charge is -2.25. The second-order valence-corrected chi connectivity index (χ2v) is 17.7. The SMILES string of the molecule is C=CN(CCNC(CCCCCCCNC(=C)CCCCOCCNC(=O)CCC(C=O)NC(=C)CCCCCCCCCCCCCCCCC(=O)O)=C1CCC1)C(=O)CCC. The predicted octanol–water partition coefficient (Wildman–Crippen LogP) is 11.3. The minimum absolute atomic E-state index is 0.0708. The molecule has 0 aromatic rings. The topological polar surface area (TPSA) is 149 Å². The van der Waals surface area contributed by atoms with Crippen molar-refractivity contribution in [3.8, 4) is 0 Å². The molecule has 63 heavy (non-hydrogen) atoms. The van der Waals surface area contributed by atoms with Crippen LogP contribution in [0, 0.1) is 0 Å². The van der Waals surface area contributed by atoms with Crippen molar-refractivity contribution in [2.24, 2.45) is 0 Å². The normalized spacial score (nSPS) is 12.5. The van der Waals surface area contributed by atoms with Gasteiger partial charge in [-0.25, -0.2) is 0 Å². The molecule has 1 atom stereocenters. The van der Waals surface area contributed by atoms with E-state index < -0.39 is 12.0 Å². The summed E-state index contributed by atoms with van der Waals surface area (Å²) < 4.78 is 5.73. The Morgan fingerprint density at radius 2 is 1.21 bits per heavy atom. The summed E-state index contributed by atoms with van der Waals surface area (Å²) in [5.74, 6) is -0.602. The van der Waals surface area contributed by atoms with E-state index in [4.69, 9.17) is 9.84 Å². The van der Waals surface area contributed by atoms with Crippen LogP contribution >= 0.6 is 0 Å². The number of allylic oxidation sites excluding steroid dienone is 4. The van der Waals surface area contributed by atoms with Gasteiger partial charge in [-0.15, -0.1) is 0 Å². The number of carboxylic acid groups (broad SMARTS) is 1. The molecule has 0 bridgehead atoms. The van der Waals surface area contributed by atoms with Gasteiger partial charge < -0.3 is 40.8 Å². The van der Waals surface area contributed by atoms with Crippen LogP contribution in [-0.4, -0.2) is 79.5 Å². The minimum Gasteiger partial charge on any atom is -0.481 e. The summed E-state index contributed by atoms with van der Waals surface area (Å²) in [5, 5.41) is 21.9. The van der Waals surface area contributed by atoms with Gasteiger partial charge in [-0.3, -0.25) is 14.4 Å². The van der Waals surface area contributed by atoms with Crippen LogP contribution in [0.25, 0.3) is 0 Å². The van der Waals surface area contributed by atoms with Crippen molar-refractivity contribution in [2.45, 2.75) is 218 Å². The van der Waals surface area contributed by atoms with Crippen molar-refractivity contribution in [3.05, 3.63) is 48.6 Å². The number of carbonyl (C=O) groups excluding carboxylic acids is 3. The maximum Gasteiger partial charge on any atom is 0.303 e. The number of ether oxygens (including phenoxy) is 1. The smallest absolute Gasteiger partial charge is 0.303 e. The zero-order chi connectivity index (χ0) is 46.0. The number of hydrogen-bond acceptors (Lipinski definition) is 8. The lowest BCUT2D eigenvalue weighted by molar-refractivity contribution is -0.137. The number of aldehydes is 1. The van der Waals surface area contributed by atoms with Gasteiger partial charge in [-0.05, 0) is 96.1 Å². The van der Waals surface area contributed by atoms with E-state index in [1.165, 1.54) is 108 Å². The van der Waals surface area contributed by atoms with E-state index in [0.717, 1.165) is 108 Å². The molecule has 0 aliphatic heterocycles. The van der Waals surface area contributed by atoms with Gasteiger partial charge >= 0.3 is 5.97 Å². The number of carboxylic acids is 1. The molecule has 1 aliphatic carbocycles. The van der Waals surface area contributed by atoms with Gasteiger partial charge in [0.15, 0.2) is 0 Å². The first-order valence-corrected chi connectivity index (χ1v) is 25.4. The molecule has 362 valence electrons. The van der Waals surface area contributed by atoms with Crippen molar-refractivity contribution in [3.63, 3.8) is 0 Å². The molecule has 1 unspecified atom stereocenters. The van der Waals surface area contributed by atoms with Crippen LogP contribution in [0.1, 0.15) is 212 Å². The van der Waals surface area contributed by atoms with Crippen LogP contribution in [0.4, 0.5) is 0 Å². The standard InChI is InChI=1S/C52H93N5O6/c1-5-29-51(60)57(6-2)41-39-54-49(47-32-28-33-47)34-23-19-17-21-26-38-53-45(3)30-25-27-42-63-43-40-55-50(59)37-36-48(44-58)56-46(4)31-22-18-15-13-11-9-7-8-10-12-14-16-20-24-35-52(61)62/h6,44,48,53-54,56H,2-5,7-43H2,1H3,(H,55,59)(H,61,62). The molecule has 0 aromatic heterocycles. The second-order valence-electron chi connectivity index (χ2n) is 17.7. The van der Waals surface area contributed by atoms with E-state index in [0.29, 0.717) is 45.6 Å². The van der Waals surface area contributed by atoms with E-state index in [1.54, 1.807) is 16.7 Å². The molecule has 5 N–H and O–H groups in total. The molecule has 0 saturated heterocycles. The zero-order valence-electron chi connectivity index (χ0n) is 40.2. The highest BCUT2D eigenvalue weighted by atomic mass is 16.5. The maximum absolute atomic E-state index is 12.3. The van der Waals surface area contributed by atoms with E-state index in [1.807, 2.05) is 6.92 Å². The van der Waals surface area contributed by atoms with E-state index >= 15 is 0 Å². The fraction of sp³-hybridized carbons (Fsp3) is 0.769. The third-order valence-corrected chi connectivity index (χ3v) is 12.0. The first-order chi connectivity index (χ1) is 30.7. The molecule has 0 heterocycles. The van der Waals surface area contributed by atoms with Gasteiger partial charge in [0.2, 0.25) is 11.8 Å². The molecule has 2 amide bonds. The average Bonchev–Trinajstić information content (AvgIpc) is 3.24. The van der Waals surface area contributed by atoms with E-state index in [2.05, 4.69) is 41.0 Å². The van der Waals surface area contributed by atoms with Crippen LogP contribution in [0.5, 0.6) is 0 Å². The largest absolute Gasteiger partial charge is 0.481 e. The highest BCUT2D eigenvalue weighted by molar-refractivity contribution is 5.77. The summed E-state index contributed by atoms with van der Waals surface area (Å²) >= 11 is 0. The van der Waals surface area contributed by atoms with E-state index in [-0.39, 0.29) is 18.2 Å². The summed E-state index contributed by atoms with van der Waals surface area (Å²) in [7, 11) is 0. The van der Waals surface area contributed by atoms with E-state index in [9.17, 15) is 19.2 Å². The number of amides is 2. The minimum atomic E-state index is -0.685. The van der Waals surface area contributed by atoms with Gasteiger partial charge in [-0.1, -0.05) is 129 Å². The van der Waals surface area contributed by atoms with Gasteiger partial charge in [0, 0.05) is 69.1 Å². The Hall–Kier alpha value is -3.60. The van der Waals surface area contributed by atoms with Crippen LogP contribution in [0.15, 0.2) is 48.6 Å². The Labute approximate surface area is 384 Å². The summed E-state index contributed by atoms with van der Waals surface area (Å²) in [6, 6.07) is -0.399. The van der Waals surface area contributed by atoms with Gasteiger partial charge in [-0.2, -0.15) is 0 Å². The number of nitrogens with one attached hydrogen (secondary N) is 4. The van der Waals surface area contributed by atoms with Crippen molar-refractivity contribution in [2.75, 3.05) is 39.4 Å². The molecule has 1 fully saturated rings. The Morgan fingerprint density at radius 1 is 0.651 bits per heavy atom. The molecule has 0 radical (unpaired) electrons. The Morgan fingerprint density at radius 3 is 1.76 bits per heavy atom. The fourth-order valence-electron chi connectivity index (χ4n) is 7.89. The van der Waals surface area contributed by atoms with Crippen LogP contribution < -0.4 is 21.3 Å². The highest BCUT2D eigenvalue weighted by Crippen LogP contribution is 2.30. The third kappa shape index (κ3) is 34.5. The van der Waals surface area contributed by atoms with Crippen molar-refractivity contribution >= 4 is 24.1 Å². The Balaban J connectivity index is 1.93. The molecule has 11 heteroatoms. The number of rotatable bonds is 47. The van der Waals surface area contributed by atoms with Crippen LogP contribution in [0.2, 0.25) is 0 Å². The quantitative estimate of drug-likeness (QED) is 0.0297. The molecule has 1 rings (SSSR count). The first kappa shape index (κ1) is 57.4. The summed E-state index contributed by atoms with van der Waals surface area (Å²) in [5.41, 5.74) is 4.94. The summed E-state index contributed by atoms with van der Waals surface area (Å²) in [6.07, 6.45) is 36.3. The summed E-state index contributed by atoms with van der Waals surface area (Å²) in [4.78, 5) is 48.5. The molecule has 1 aliphatic rings. The van der Waals surface area contributed by atoms with Gasteiger partial charge in [0.05, 0.1) is 12.6 Å². The molecule has 0 aromatic carbocycles. The monoisotopic (exact) mass is 884 g/mol. The Kier molecular flexibility index (Phi) is 37.5. The molecular formula is C52H93N5O6. The predicted molar refractivity (Wildman–Crippen MR) is 261 cm³/mol. The fourth-order valence-corrected chi connectivity index (χ4v) is 7.89. The maximum atomic E-state index is 12.3. The third-order valence-electron chi connectivity index (χ3n) is 12.0. The van der Waals surface area contributed by atoms with Crippen molar-refractivity contribution in [1.82, 2.24) is 26.2 Å². The average molecular weight is 884 g/mol. The number of hydrogen-bond donors (Lipinski definition) is 5. The molecule has 11 nitrogen and oxygen atoms in total. The van der Waals surface area contributed by atoms with Gasteiger partial charge in [0.25, 0.3) is 0 Å². The van der Waals surface area contributed by atoms with Crippen LogP contribution in [0.3, 0.4) is 0 Å². The molecule has 0 spiro atoms. The zero-order valence-corrected chi connectivity index (χ0v) is 40.2. The van der Waals surface area contributed by atoms with Crippen LogP contribution in [-0.2, 0) is 23.9 Å². The Bertz CT molecular complexity index is 1280. The summed E-state index contributed by atoms with van der Waals surface area (Å²) in [6.45, 7) is 18.2. The number of aliphatic carboxylic acids is 1. The first-order valence-electron chi connectivity index (χ1n) is 25.4. The molecule has 1 saturated carbocycles. The van der Waals surface area contributed by atoms with Crippen molar-refractivity contribution < 1.29 is 29.0 Å². The van der Waals surface area contributed by atoms with Crippen molar-refractivity contribution in [1.29, 1.82) is 0 Å². The lowest BCUT2D eigenvalue weighted by atomic mass is 9.89. The molecular weight excluding hydrogens is 791 g/mol. The number of nitrogens with zero attached hydrogens (tertiary/aromatic N) is 1. The highest BCUT2D eigenvalue weighted by Gasteiger charge is 2.16. The number of carbonyl (C=O) groups is 4.